The van der Waals surface area contributed by atoms with Crippen LogP contribution in [0.3, 0.4) is 0 Å². The number of ether oxygens (including phenoxy) is 1. The molecule has 3 aromatic rings. The molecule has 122 valence electrons. The zero-order valence-electron chi connectivity index (χ0n) is 12.8. The molecular formula is C17H14ClN3O2S. The molecule has 0 saturated carbocycles. The van der Waals surface area contributed by atoms with Crippen molar-refractivity contribution in [2.75, 3.05) is 12.9 Å². The van der Waals surface area contributed by atoms with Crippen molar-refractivity contribution in [2.24, 2.45) is 0 Å². The minimum atomic E-state index is 0.0110. The molecule has 1 aromatic heterocycles. The first-order valence-electron chi connectivity index (χ1n) is 7.13. The summed E-state index contributed by atoms with van der Waals surface area (Å²) in [6.45, 7) is 0. The highest BCUT2D eigenvalue weighted by molar-refractivity contribution is 7.99. The molecule has 0 N–H and O–H groups in total. The molecule has 2 aromatic carbocycles. The Morgan fingerprint density at radius 2 is 2.04 bits per heavy atom. The van der Waals surface area contributed by atoms with Crippen LogP contribution < -0.4 is 4.74 Å². The summed E-state index contributed by atoms with van der Waals surface area (Å²) in [6.07, 6.45) is 1.61. The van der Waals surface area contributed by atoms with Gasteiger partial charge in [-0.1, -0.05) is 29.4 Å². The summed E-state index contributed by atoms with van der Waals surface area (Å²) in [5, 5.41) is 9.28. The van der Waals surface area contributed by atoms with Crippen molar-refractivity contribution in [3.05, 3.63) is 65.4 Å². The second-order valence-corrected chi connectivity index (χ2v) is 6.28. The van der Waals surface area contributed by atoms with Gasteiger partial charge in [-0.3, -0.25) is 9.36 Å². The third-order valence-electron chi connectivity index (χ3n) is 3.35. The van der Waals surface area contributed by atoms with Gasteiger partial charge < -0.3 is 4.74 Å². The number of Topliss-reactive ketones (excluding diaryl/α,β-unsaturated/α-hetero) is 1. The average molecular weight is 360 g/mol. The van der Waals surface area contributed by atoms with Gasteiger partial charge in [0.25, 0.3) is 0 Å². The molecule has 0 aliphatic rings. The van der Waals surface area contributed by atoms with Crippen LogP contribution in [0.1, 0.15) is 10.4 Å². The molecule has 0 amide bonds. The number of benzene rings is 2. The first-order valence-corrected chi connectivity index (χ1v) is 8.50. The number of halogens is 1. The fraction of sp³-hybridized carbons (Fsp3) is 0.118. The van der Waals surface area contributed by atoms with Crippen molar-refractivity contribution in [1.29, 1.82) is 0 Å². The Labute approximate surface area is 148 Å². The van der Waals surface area contributed by atoms with E-state index < -0.39 is 0 Å². The Balaban J connectivity index is 1.74. The maximum Gasteiger partial charge on any atom is 0.196 e. The lowest BCUT2D eigenvalue weighted by molar-refractivity contribution is 0.102. The van der Waals surface area contributed by atoms with Crippen molar-refractivity contribution in [3.8, 4) is 11.4 Å². The lowest BCUT2D eigenvalue weighted by atomic mass is 10.1. The zero-order chi connectivity index (χ0) is 16.9. The normalized spacial score (nSPS) is 10.6. The Hall–Kier alpha value is -2.31. The molecule has 0 radical (unpaired) electrons. The van der Waals surface area contributed by atoms with E-state index in [9.17, 15) is 4.79 Å². The highest BCUT2D eigenvalue weighted by Crippen LogP contribution is 2.23. The molecule has 5 nitrogen and oxygen atoms in total. The van der Waals surface area contributed by atoms with Crippen molar-refractivity contribution < 1.29 is 9.53 Å². The molecule has 0 saturated heterocycles. The standard InChI is InChI=1S/C17H14ClN3O2S/c1-23-15-4-2-3-14(9-15)21-11-19-20-17(21)24-10-16(22)12-5-7-13(18)8-6-12/h2-9,11H,10H2,1H3. The summed E-state index contributed by atoms with van der Waals surface area (Å²) in [6, 6.07) is 14.4. The fourth-order valence-corrected chi connectivity index (χ4v) is 3.06. The maximum absolute atomic E-state index is 12.3. The van der Waals surface area contributed by atoms with Gasteiger partial charge in [0.1, 0.15) is 12.1 Å². The van der Waals surface area contributed by atoms with E-state index in [-0.39, 0.29) is 11.5 Å². The van der Waals surface area contributed by atoms with Crippen molar-refractivity contribution in [1.82, 2.24) is 14.8 Å². The summed E-state index contributed by atoms with van der Waals surface area (Å²) >= 11 is 7.17. The van der Waals surface area contributed by atoms with Gasteiger partial charge >= 0.3 is 0 Å². The van der Waals surface area contributed by atoms with Gasteiger partial charge in [-0.25, -0.2) is 0 Å². The number of aromatic nitrogens is 3. The molecule has 0 atom stereocenters. The van der Waals surface area contributed by atoms with Crippen LogP contribution >= 0.6 is 23.4 Å². The van der Waals surface area contributed by atoms with Crippen molar-refractivity contribution in [2.45, 2.75) is 5.16 Å². The Kier molecular flexibility index (Phi) is 5.17. The minimum absolute atomic E-state index is 0.0110. The summed E-state index contributed by atoms with van der Waals surface area (Å²) in [5.74, 6) is 1.02. The van der Waals surface area contributed by atoms with E-state index in [4.69, 9.17) is 16.3 Å². The SMILES string of the molecule is COc1cccc(-n2cnnc2SCC(=O)c2ccc(Cl)cc2)c1. The summed E-state index contributed by atoms with van der Waals surface area (Å²) in [5.41, 5.74) is 1.50. The topological polar surface area (TPSA) is 57.0 Å². The van der Waals surface area contributed by atoms with Gasteiger partial charge in [0.2, 0.25) is 0 Å². The molecule has 24 heavy (non-hydrogen) atoms. The fourth-order valence-electron chi connectivity index (χ4n) is 2.11. The third kappa shape index (κ3) is 3.77. The van der Waals surface area contributed by atoms with Crippen LogP contribution in [-0.4, -0.2) is 33.4 Å². The lowest BCUT2D eigenvalue weighted by Gasteiger charge is -2.07. The molecule has 0 aliphatic carbocycles. The Morgan fingerprint density at radius 3 is 2.79 bits per heavy atom. The van der Waals surface area contributed by atoms with E-state index in [1.165, 1.54) is 11.8 Å². The van der Waals surface area contributed by atoms with E-state index in [1.807, 2.05) is 28.8 Å². The van der Waals surface area contributed by atoms with Crippen LogP contribution in [0, 0.1) is 0 Å². The lowest BCUT2D eigenvalue weighted by Crippen LogP contribution is -2.04. The Morgan fingerprint density at radius 1 is 1.25 bits per heavy atom. The van der Waals surface area contributed by atoms with Crippen molar-refractivity contribution in [3.63, 3.8) is 0 Å². The molecule has 0 spiro atoms. The summed E-state index contributed by atoms with van der Waals surface area (Å²) in [4.78, 5) is 12.3. The van der Waals surface area contributed by atoms with Gasteiger partial charge in [0, 0.05) is 16.7 Å². The summed E-state index contributed by atoms with van der Waals surface area (Å²) in [7, 11) is 1.62. The second-order valence-electron chi connectivity index (χ2n) is 4.90. The van der Waals surface area contributed by atoms with E-state index in [1.54, 1.807) is 37.7 Å². The van der Waals surface area contributed by atoms with Crippen LogP contribution in [0.2, 0.25) is 5.02 Å². The number of thioether (sulfide) groups is 1. The van der Waals surface area contributed by atoms with E-state index in [2.05, 4.69) is 10.2 Å². The maximum atomic E-state index is 12.3. The van der Waals surface area contributed by atoms with Crippen LogP contribution in [0.5, 0.6) is 5.75 Å². The number of hydrogen-bond acceptors (Lipinski definition) is 5. The zero-order valence-corrected chi connectivity index (χ0v) is 14.4. The number of carbonyl (C=O) groups is 1. The highest BCUT2D eigenvalue weighted by atomic mass is 35.5. The summed E-state index contributed by atoms with van der Waals surface area (Å²) < 4.78 is 7.05. The van der Waals surface area contributed by atoms with E-state index in [0.29, 0.717) is 15.7 Å². The number of carbonyl (C=O) groups excluding carboxylic acids is 1. The second kappa shape index (κ2) is 7.51. The minimum Gasteiger partial charge on any atom is -0.497 e. The molecule has 0 aliphatic heterocycles. The van der Waals surface area contributed by atoms with Gasteiger partial charge in [-0.05, 0) is 36.4 Å². The molecule has 0 unspecified atom stereocenters. The predicted octanol–water partition coefficient (Wildman–Crippen LogP) is 3.90. The number of hydrogen-bond donors (Lipinski definition) is 0. The first-order chi connectivity index (χ1) is 11.7. The molecule has 7 heteroatoms. The quantitative estimate of drug-likeness (QED) is 0.493. The number of nitrogens with zero attached hydrogens (tertiary/aromatic N) is 3. The van der Waals surface area contributed by atoms with Gasteiger partial charge in [0.15, 0.2) is 10.9 Å². The number of ketones is 1. The van der Waals surface area contributed by atoms with Crippen LogP contribution in [0.15, 0.2) is 60.0 Å². The molecule has 0 fully saturated rings. The third-order valence-corrected chi connectivity index (χ3v) is 4.54. The predicted molar refractivity (Wildman–Crippen MR) is 94.4 cm³/mol. The number of methoxy groups -OCH3 is 1. The largest absolute Gasteiger partial charge is 0.497 e. The van der Waals surface area contributed by atoms with Gasteiger partial charge in [-0.15, -0.1) is 10.2 Å². The monoisotopic (exact) mass is 359 g/mol. The van der Waals surface area contributed by atoms with Crippen molar-refractivity contribution >= 4 is 29.1 Å². The first kappa shape index (κ1) is 16.5. The molecule has 3 rings (SSSR count). The smallest absolute Gasteiger partial charge is 0.196 e. The Bertz CT molecular complexity index is 849. The molecule has 0 bridgehead atoms. The van der Waals surface area contributed by atoms with Crippen LogP contribution in [0.4, 0.5) is 0 Å². The van der Waals surface area contributed by atoms with Gasteiger partial charge in [-0.2, -0.15) is 0 Å². The number of rotatable bonds is 6. The highest BCUT2D eigenvalue weighted by Gasteiger charge is 2.12. The van der Waals surface area contributed by atoms with E-state index >= 15 is 0 Å². The van der Waals surface area contributed by atoms with E-state index in [0.717, 1.165) is 11.4 Å². The van der Waals surface area contributed by atoms with Crippen LogP contribution in [0.25, 0.3) is 5.69 Å². The average Bonchev–Trinajstić information content (AvgIpc) is 3.09. The van der Waals surface area contributed by atoms with Crippen LogP contribution in [-0.2, 0) is 0 Å². The van der Waals surface area contributed by atoms with Gasteiger partial charge in [0.05, 0.1) is 18.6 Å². The molecular weight excluding hydrogens is 346 g/mol. The molecule has 1 heterocycles.